The minimum absolute atomic E-state index is 0.201. The van der Waals surface area contributed by atoms with E-state index in [0.29, 0.717) is 18.7 Å². The van der Waals surface area contributed by atoms with Gasteiger partial charge in [-0.05, 0) is 84.3 Å². The molecule has 1 N–H and O–H groups in total. The molecule has 1 unspecified atom stereocenters. The predicted octanol–water partition coefficient (Wildman–Crippen LogP) is 5.61. The number of hydrogen-bond donors (Lipinski definition) is 1. The summed E-state index contributed by atoms with van der Waals surface area (Å²) in [5.74, 6) is 1.41. The molecule has 172 valence electrons. The number of aromatic amines is 1. The van der Waals surface area contributed by atoms with Gasteiger partial charge < -0.3 is 9.72 Å². The van der Waals surface area contributed by atoms with Gasteiger partial charge in [0.25, 0.3) is 0 Å². The lowest BCUT2D eigenvalue weighted by atomic mass is 9.85. The van der Waals surface area contributed by atoms with E-state index in [1.54, 1.807) is 36.9 Å². The fourth-order valence-electron chi connectivity index (χ4n) is 4.62. The van der Waals surface area contributed by atoms with Crippen molar-refractivity contribution in [1.82, 2.24) is 15.0 Å². The van der Waals surface area contributed by atoms with Crippen LogP contribution in [0.15, 0.2) is 73.3 Å². The molecule has 2 heterocycles. The Labute approximate surface area is 198 Å². The predicted molar refractivity (Wildman–Crippen MR) is 127 cm³/mol. The molecule has 0 spiro atoms. The number of nitrogens with zero attached hydrogens (tertiary/aromatic N) is 2. The van der Waals surface area contributed by atoms with Crippen LogP contribution in [0.5, 0.6) is 5.75 Å². The summed E-state index contributed by atoms with van der Waals surface area (Å²) >= 11 is 0. The monoisotopic (exact) mass is 455 g/mol. The maximum atomic E-state index is 13.4. The Balaban J connectivity index is 1.48. The minimum atomic E-state index is -0.377. The molecule has 0 bridgehead atoms. The summed E-state index contributed by atoms with van der Waals surface area (Å²) in [7, 11) is 0. The molecule has 0 fully saturated rings. The summed E-state index contributed by atoms with van der Waals surface area (Å²) in [6, 6.07) is 14.3. The van der Waals surface area contributed by atoms with Gasteiger partial charge in [-0.15, -0.1) is 0 Å². The van der Waals surface area contributed by atoms with E-state index in [1.165, 1.54) is 17.7 Å². The van der Waals surface area contributed by atoms with Crippen LogP contribution in [0.4, 0.5) is 4.39 Å². The fraction of sp³-hybridized carbons (Fsp3) is 0.250. The second-order valence-electron chi connectivity index (χ2n) is 8.61. The van der Waals surface area contributed by atoms with Gasteiger partial charge in [0.2, 0.25) is 0 Å². The number of benzene rings is 2. The average molecular weight is 456 g/mol. The average Bonchev–Trinajstić information content (AvgIpc) is 3.40. The van der Waals surface area contributed by atoms with Gasteiger partial charge in [-0.1, -0.05) is 12.1 Å². The Morgan fingerprint density at radius 3 is 2.53 bits per heavy atom. The van der Waals surface area contributed by atoms with E-state index in [4.69, 9.17) is 4.74 Å². The summed E-state index contributed by atoms with van der Waals surface area (Å²) < 4.78 is 20.0. The van der Waals surface area contributed by atoms with Crippen molar-refractivity contribution in [3.8, 4) is 5.75 Å². The highest BCUT2D eigenvalue weighted by atomic mass is 19.1. The van der Waals surface area contributed by atoms with Gasteiger partial charge in [0.05, 0.1) is 0 Å². The van der Waals surface area contributed by atoms with E-state index in [9.17, 15) is 9.18 Å². The maximum Gasteiger partial charge on any atom is 0.163 e. The Bertz CT molecular complexity index is 1260. The van der Waals surface area contributed by atoms with E-state index in [1.807, 2.05) is 24.3 Å². The Hall–Kier alpha value is -3.80. The summed E-state index contributed by atoms with van der Waals surface area (Å²) in [6.07, 6.45) is 11.1. The number of pyridine rings is 1. The quantitative estimate of drug-likeness (QED) is 0.375. The van der Waals surface area contributed by atoms with Crippen LogP contribution in [0.1, 0.15) is 57.4 Å². The standard InChI is InChI=1S/C28H26FN3O2/c29-21-7-4-20(5-8-21)18-27(28-31-16-17-32-28)34-26-11-10-23-22(2-1-3-25(23)33)24(26)9-6-19-12-14-30-15-13-19/h4-5,7-8,10-17,27H,1-3,6,9,18H2,(H,31,32). The number of ether oxygens (including phenoxy) is 1. The first-order valence-electron chi connectivity index (χ1n) is 11.6. The third kappa shape index (κ3) is 4.91. The molecule has 5 nitrogen and oxygen atoms in total. The Morgan fingerprint density at radius 2 is 1.76 bits per heavy atom. The number of fused-ring (bicyclic) bond motifs is 1. The normalized spacial score (nSPS) is 14.0. The number of nitrogens with one attached hydrogen (secondary N) is 1. The molecule has 0 saturated heterocycles. The number of halogens is 1. The molecule has 6 heteroatoms. The van der Waals surface area contributed by atoms with Crippen LogP contribution in [-0.2, 0) is 25.7 Å². The first-order valence-corrected chi connectivity index (χ1v) is 11.6. The number of hydrogen-bond acceptors (Lipinski definition) is 4. The van der Waals surface area contributed by atoms with Crippen molar-refractivity contribution in [2.75, 3.05) is 0 Å². The highest BCUT2D eigenvalue weighted by Gasteiger charge is 2.25. The van der Waals surface area contributed by atoms with Gasteiger partial charge in [0.1, 0.15) is 17.4 Å². The van der Waals surface area contributed by atoms with Crippen LogP contribution in [-0.4, -0.2) is 20.7 Å². The van der Waals surface area contributed by atoms with Gasteiger partial charge >= 0.3 is 0 Å². The van der Waals surface area contributed by atoms with Crippen LogP contribution < -0.4 is 4.74 Å². The molecule has 1 aliphatic carbocycles. The zero-order valence-electron chi connectivity index (χ0n) is 18.8. The van der Waals surface area contributed by atoms with Crippen molar-refractivity contribution >= 4 is 5.78 Å². The molecule has 0 aliphatic heterocycles. The van der Waals surface area contributed by atoms with Gasteiger partial charge in [-0.25, -0.2) is 9.37 Å². The number of aromatic nitrogens is 3. The second kappa shape index (κ2) is 10.00. The summed E-state index contributed by atoms with van der Waals surface area (Å²) in [4.78, 5) is 24.3. The van der Waals surface area contributed by atoms with Crippen LogP contribution in [0.3, 0.4) is 0 Å². The highest BCUT2D eigenvalue weighted by Crippen LogP contribution is 2.35. The first kappa shape index (κ1) is 22.0. The number of carbonyl (C=O) groups excluding carboxylic acids is 1. The molecule has 0 saturated carbocycles. The van der Waals surface area contributed by atoms with E-state index in [0.717, 1.165) is 53.7 Å². The number of imidazole rings is 1. The van der Waals surface area contributed by atoms with Crippen LogP contribution in [0.25, 0.3) is 0 Å². The van der Waals surface area contributed by atoms with Crippen molar-refractivity contribution < 1.29 is 13.9 Å². The third-order valence-electron chi connectivity index (χ3n) is 6.36. The van der Waals surface area contributed by atoms with Crippen LogP contribution in [0, 0.1) is 5.82 Å². The number of aryl methyl sites for hydroxylation is 1. The SMILES string of the molecule is O=C1CCCc2c1ccc(OC(Cc1ccc(F)cc1)c1ncc[nH]1)c2CCc1ccncc1. The van der Waals surface area contributed by atoms with E-state index in [2.05, 4.69) is 15.0 Å². The van der Waals surface area contributed by atoms with Gasteiger partial charge in [-0.3, -0.25) is 9.78 Å². The third-order valence-corrected chi connectivity index (χ3v) is 6.36. The lowest BCUT2D eigenvalue weighted by molar-refractivity contribution is 0.0972. The largest absolute Gasteiger partial charge is 0.482 e. The van der Waals surface area contributed by atoms with Gasteiger partial charge in [0.15, 0.2) is 11.9 Å². The van der Waals surface area contributed by atoms with Crippen molar-refractivity contribution in [3.63, 3.8) is 0 Å². The van der Waals surface area contributed by atoms with E-state index < -0.39 is 0 Å². The second-order valence-corrected chi connectivity index (χ2v) is 8.61. The summed E-state index contributed by atoms with van der Waals surface area (Å²) in [6.45, 7) is 0. The summed E-state index contributed by atoms with van der Waals surface area (Å²) in [5.41, 5.74) is 5.14. The number of ketones is 1. The molecule has 34 heavy (non-hydrogen) atoms. The van der Waals surface area contributed by atoms with Gasteiger partial charge in [0, 0.05) is 43.2 Å². The molecule has 4 aromatic rings. The van der Waals surface area contributed by atoms with Crippen LogP contribution in [0.2, 0.25) is 0 Å². The number of H-pyrrole nitrogens is 1. The molecule has 1 aliphatic rings. The zero-order chi connectivity index (χ0) is 23.3. The zero-order valence-corrected chi connectivity index (χ0v) is 18.8. The van der Waals surface area contributed by atoms with Crippen molar-refractivity contribution in [1.29, 1.82) is 0 Å². The number of carbonyl (C=O) groups is 1. The Morgan fingerprint density at radius 1 is 0.941 bits per heavy atom. The lowest BCUT2D eigenvalue weighted by Crippen LogP contribution is -2.17. The minimum Gasteiger partial charge on any atom is -0.482 e. The molecule has 0 radical (unpaired) electrons. The van der Waals surface area contributed by atoms with Crippen molar-refractivity contribution in [2.24, 2.45) is 0 Å². The van der Waals surface area contributed by atoms with Crippen molar-refractivity contribution in [3.05, 3.63) is 113 Å². The number of Topliss-reactive ketones (excluding diaryl/α,β-unsaturated/α-hetero) is 1. The van der Waals surface area contributed by atoms with Gasteiger partial charge in [-0.2, -0.15) is 0 Å². The van der Waals surface area contributed by atoms with Crippen LogP contribution >= 0.6 is 0 Å². The van der Waals surface area contributed by atoms with E-state index in [-0.39, 0.29) is 17.7 Å². The highest BCUT2D eigenvalue weighted by molar-refractivity contribution is 5.99. The molecule has 1 atom stereocenters. The maximum absolute atomic E-state index is 13.4. The smallest absolute Gasteiger partial charge is 0.163 e. The molecular formula is C28H26FN3O2. The Kier molecular flexibility index (Phi) is 6.47. The van der Waals surface area contributed by atoms with E-state index >= 15 is 0 Å². The fourth-order valence-corrected chi connectivity index (χ4v) is 4.62. The topological polar surface area (TPSA) is 67.9 Å². The lowest BCUT2D eigenvalue weighted by Gasteiger charge is -2.25. The molecule has 0 amide bonds. The summed E-state index contributed by atoms with van der Waals surface area (Å²) in [5, 5.41) is 0. The molecule has 5 rings (SSSR count). The van der Waals surface area contributed by atoms with Crippen molar-refractivity contribution in [2.45, 2.75) is 44.6 Å². The molecule has 2 aromatic heterocycles. The molecular weight excluding hydrogens is 429 g/mol. The first-order chi connectivity index (χ1) is 16.7. The number of rotatable bonds is 8. The molecule has 2 aromatic carbocycles.